The summed E-state index contributed by atoms with van der Waals surface area (Å²) < 4.78 is 21.7. The van der Waals surface area contributed by atoms with Crippen LogP contribution >= 0.6 is 0 Å². The molecule has 0 aromatic carbocycles. The van der Waals surface area contributed by atoms with Gasteiger partial charge in [-0.2, -0.15) is 0 Å². The molecule has 0 unspecified atom stereocenters. The fourth-order valence-electron chi connectivity index (χ4n) is 4.78. The first-order valence-electron chi connectivity index (χ1n) is 13.0. The van der Waals surface area contributed by atoms with Gasteiger partial charge >= 0.3 is 6.09 Å². The average molecular weight is 561 g/mol. The average Bonchev–Trinajstić information content (AvgIpc) is 2.90. The molecule has 1 aliphatic heterocycles. The van der Waals surface area contributed by atoms with Gasteiger partial charge in [0, 0.05) is 37.4 Å². The second-order valence-corrected chi connectivity index (χ2v) is 10.1. The van der Waals surface area contributed by atoms with E-state index < -0.39 is 53.9 Å². The van der Waals surface area contributed by atoms with Gasteiger partial charge in [-0.05, 0) is 38.2 Å². The summed E-state index contributed by atoms with van der Waals surface area (Å²) in [5, 5.41) is 13.7. The van der Waals surface area contributed by atoms with Crippen molar-refractivity contribution in [2.24, 2.45) is 17.6 Å². The normalized spacial score (nSPS) is 32.7. The molecule has 0 aromatic rings. The summed E-state index contributed by atoms with van der Waals surface area (Å²) in [4.78, 5) is 50.6. The minimum absolute atomic E-state index is 0.0801. The Morgan fingerprint density at radius 3 is 2.35 bits per heavy atom. The van der Waals surface area contributed by atoms with Gasteiger partial charge in [-0.3, -0.25) is 14.4 Å². The van der Waals surface area contributed by atoms with Crippen molar-refractivity contribution in [3.63, 3.8) is 0 Å². The van der Waals surface area contributed by atoms with Crippen LogP contribution in [0.5, 0.6) is 0 Å². The van der Waals surface area contributed by atoms with Crippen molar-refractivity contribution in [3.05, 3.63) is 58.6 Å². The van der Waals surface area contributed by atoms with Gasteiger partial charge in [0.2, 0.25) is 11.6 Å². The Balaban J connectivity index is 2.60. The minimum Gasteiger partial charge on any atom is -0.492 e. The monoisotopic (exact) mass is 560 g/mol. The van der Waals surface area contributed by atoms with E-state index in [0.29, 0.717) is 12.0 Å². The van der Waals surface area contributed by atoms with Crippen molar-refractivity contribution >= 4 is 23.6 Å². The molecule has 2 bridgehead atoms. The number of ether oxygens (including phenoxy) is 4. The largest absolute Gasteiger partial charge is 0.492 e. The smallest absolute Gasteiger partial charge is 0.405 e. The van der Waals surface area contributed by atoms with E-state index >= 15 is 0 Å². The minimum atomic E-state index is -1.00. The fraction of sp³-hybridized carbons (Fsp3) is 0.517. The number of allylic oxidation sites excluding steroid dienone is 4. The van der Waals surface area contributed by atoms with Crippen LogP contribution in [-0.4, -0.2) is 74.4 Å². The molecule has 1 aliphatic carbocycles. The van der Waals surface area contributed by atoms with Crippen LogP contribution in [0.2, 0.25) is 0 Å². The Kier molecular flexibility index (Phi) is 12.0. The number of carbonyl (C=O) groups excluding carboxylic acids is 4. The second kappa shape index (κ2) is 14.7. The lowest BCUT2D eigenvalue weighted by Gasteiger charge is -2.29. The summed E-state index contributed by atoms with van der Waals surface area (Å²) in [5.41, 5.74) is 6.12. The molecule has 0 saturated heterocycles. The lowest BCUT2D eigenvalue weighted by molar-refractivity contribution is -0.120. The van der Waals surface area contributed by atoms with Crippen LogP contribution in [0.1, 0.15) is 40.5 Å². The first-order chi connectivity index (χ1) is 18.8. The van der Waals surface area contributed by atoms with Gasteiger partial charge in [0.05, 0.1) is 25.0 Å². The molecule has 4 N–H and O–H groups in total. The summed E-state index contributed by atoms with van der Waals surface area (Å²) >= 11 is 0. The molecule has 0 aromatic heterocycles. The van der Waals surface area contributed by atoms with Gasteiger partial charge in [-0.25, -0.2) is 4.79 Å². The Labute approximate surface area is 234 Å². The van der Waals surface area contributed by atoms with E-state index in [1.807, 2.05) is 6.92 Å². The van der Waals surface area contributed by atoms with Crippen LogP contribution in [0.4, 0.5) is 4.79 Å². The molecule has 0 radical (unpaired) electrons. The standard InChI is InChI=1S/C29H40N2O9/c1-15-11-19-25(34)20(14-21(32)27(19)39-7)31-28(35)16(2)9-8-10-22(37-5)26(40-29(30)36)18(4)13-17(3)24(33)23(12-15)38-6/h8-10,13-15,17,22-24,26,33H,11-12H2,1-7H3,(H2,30,36)(H,31,35)/b10-8-,16-9-,18-13-/t15-,17-,22-,23-,24-,26-/m1/s1. The highest BCUT2D eigenvalue weighted by molar-refractivity contribution is 6.23. The number of rotatable bonds is 4. The van der Waals surface area contributed by atoms with E-state index in [1.165, 1.54) is 34.3 Å². The van der Waals surface area contributed by atoms with Crippen LogP contribution in [0.3, 0.4) is 0 Å². The number of fused-ring (bicyclic) bond motifs is 2. The van der Waals surface area contributed by atoms with Crippen LogP contribution in [0, 0.1) is 11.8 Å². The van der Waals surface area contributed by atoms with Crippen LogP contribution in [0.25, 0.3) is 0 Å². The number of amides is 2. The van der Waals surface area contributed by atoms with E-state index in [2.05, 4.69) is 5.32 Å². The van der Waals surface area contributed by atoms with Gasteiger partial charge < -0.3 is 35.1 Å². The quantitative estimate of drug-likeness (QED) is 0.346. The molecule has 11 nitrogen and oxygen atoms in total. The third-order valence-corrected chi connectivity index (χ3v) is 6.95. The highest BCUT2D eigenvalue weighted by Crippen LogP contribution is 2.29. The van der Waals surface area contributed by atoms with Crippen LogP contribution < -0.4 is 11.1 Å². The van der Waals surface area contributed by atoms with Gasteiger partial charge in [0.1, 0.15) is 6.10 Å². The summed E-state index contributed by atoms with van der Waals surface area (Å²) in [7, 11) is 4.21. The highest BCUT2D eigenvalue weighted by Gasteiger charge is 2.34. The van der Waals surface area contributed by atoms with Crippen molar-refractivity contribution in [3.8, 4) is 0 Å². The van der Waals surface area contributed by atoms with Gasteiger partial charge in [0.15, 0.2) is 11.9 Å². The highest BCUT2D eigenvalue weighted by atomic mass is 16.6. The van der Waals surface area contributed by atoms with E-state index in [9.17, 15) is 24.3 Å². The first-order valence-corrected chi connectivity index (χ1v) is 13.0. The van der Waals surface area contributed by atoms with Gasteiger partial charge in [-0.15, -0.1) is 0 Å². The fourth-order valence-corrected chi connectivity index (χ4v) is 4.78. The van der Waals surface area contributed by atoms with E-state index in [0.717, 1.165) is 6.08 Å². The van der Waals surface area contributed by atoms with Crippen molar-refractivity contribution in [2.45, 2.75) is 65.0 Å². The molecule has 2 aliphatic rings. The molecular formula is C29H40N2O9. The van der Waals surface area contributed by atoms with Crippen molar-refractivity contribution in [1.82, 2.24) is 5.32 Å². The molecule has 11 heteroatoms. The molecule has 1 heterocycles. The summed E-state index contributed by atoms with van der Waals surface area (Å²) in [5.74, 6) is -2.39. The molecule has 0 fully saturated rings. The Morgan fingerprint density at radius 2 is 1.77 bits per heavy atom. The van der Waals surface area contributed by atoms with E-state index in [4.69, 9.17) is 24.7 Å². The number of aliphatic hydroxyl groups excluding tert-OH is 1. The third kappa shape index (κ3) is 8.23. The number of nitrogens with two attached hydrogens (primary N) is 1. The molecular weight excluding hydrogens is 520 g/mol. The number of hydrogen-bond acceptors (Lipinski definition) is 9. The maximum absolute atomic E-state index is 13.3. The molecule has 0 saturated carbocycles. The zero-order valence-electron chi connectivity index (χ0n) is 24.1. The zero-order valence-corrected chi connectivity index (χ0v) is 24.1. The van der Waals surface area contributed by atoms with Crippen LogP contribution in [0.15, 0.2) is 58.6 Å². The topological polar surface area (TPSA) is 163 Å². The number of carbonyl (C=O) groups is 4. The lowest BCUT2D eigenvalue weighted by atomic mass is 9.85. The number of aliphatic hydroxyl groups is 1. The molecule has 40 heavy (non-hydrogen) atoms. The number of ketones is 2. The van der Waals surface area contributed by atoms with E-state index in [-0.39, 0.29) is 34.9 Å². The SMILES string of the molecule is COC1=C2C[C@@H](C)C[C@@H](OC)[C@H](O)[C@H](C)/C=C(/C)[C@@H](OC(N)=O)[C@H](OC)/C=C\C=C(\C)C(=O)NC(=CC1=O)C2=O. The van der Waals surface area contributed by atoms with Crippen molar-refractivity contribution in [1.29, 1.82) is 0 Å². The van der Waals surface area contributed by atoms with E-state index in [1.54, 1.807) is 32.1 Å². The summed E-state index contributed by atoms with van der Waals surface area (Å²) in [6, 6.07) is 0. The molecule has 220 valence electrons. The van der Waals surface area contributed by atoms with Gasteiger partial charge in [0.25, 0.3) is 5.91 Å². The summed E-state index contributed by atoms with van der Waals surface area (Å²) in [6.07, 6.45) is 3.61. The lowest BCUT2D eigenvalue weighted by Crippen LogP contribution is -2.37. The zero-order chi connectivity index (χ0) is 30.1. The Morgan fingerprint density at radius 1 is 1.10 bits per heavy atom. The number of nitrogens with one attached hydrogen (secondary N) is 1. The third-order valence-electron chi connectivity index (χ3n) is 6.95. The molecule has 6 atom stereocenters. The predicted octanol–water partition coefficient (Wildman–Crippen LogP) is 2.41. The number of Topliss-reactive ketones (excluding diaryl/α,β-unsaturated/α-hetero) is 1. The first kappa shape index (κ1) is 32.7. The number of methoxy groups -OCH3 is 3. The van der Waals surface area contributed by atoms with Gasteiger partial charge in [-0.1, -0.05) is 38.2 Å². The Hall–Kier alpha value is -3.54. The van der Waals surface area contributed by atoms with Crippen molar-refractivity contribution < 1.29 is 43.2 Å². The maximum atomic E-state index is 13.3. The molecule has 2 amide bonds. The molecule has 2 rings (SSSR count). The maximum Gasteiger partial charge on any atom is 0.405 e. The number of primary amides is 1. The number of hydrogen-bond donors (Lipinski definition) is 3. The predicted molar refractivity (Wildman–Crippen MR) is 147 cm³/mol. The molecule has 0 spiro atoms. The summed E-state index contributed by atoms with van der Waals surface area (Å²) in [6.45, 7) is 6.92. The van der Waals surface area contributed by atoms with Crippen molar-refractivity contribution in [2.75, 3.05) is 21.3 Å². The Bertz CT molecular complexity index is 1150. The second-order valence-electron chi connectivity index (χ2n) is 10.1. The van der Waals surface area contributed by atoms with Crippen LogP contribution in [-0.2, 0) is 33.3 Å².